The molecule has 2 fully saturated rings. The molecule has 1 amide bonds. The van der Waals surface area contributed by atoms with Gasteiger partial charge in [-0.2, -0.15) is 0 Å². The van der Waals surface area contributed by atoms with Gasteiger partial charge in [-0.15, -0.1) is 0 Å². The van der Waals surface area contributed by atoms with Gasteiger partial charge in [0.15, 0.2) is 0 Å². The van der Waals surface area contributed by atoms with Crippen molar-refractivity contribution >= 4 is 16.7 Å². The van der Waals surface area contributed by atoms with Crippen LogP contribution < -0.4 is 5.32 Å². The molecule has 2 aliphatic rings. The molecule has 30 heavy (non-hydrogen) atoms. The lowest BCUT2D eigenvalue weighted by Gasteiger charge is -2.17. The van der Waals surface area contributed by atoms with E-state index in [-0.39, 0.29) is 30.5 Å². The number of hydrogen-bond acceptors (Lipinski definition) is 4. The third-order valence-corrected chi connectivity index (χ3v) is 5.90. The van der Waals surface area contributed by atoms with Crippen LogP contribution >= 0.6 is 0 Å². The third-order valence-electron chi connectivity index (χ3n) is 5.90. The minimum absolute atomic E-state index is 0.218. The summed E-state index contributed by atoms with van der Waals surface area (Å²) in [4.78, 5) is 12.8. The number of carbonyl (C=O) groups is 1. The van der Waals surface area contributed by atoms with Gasteiger partial charge in [-0.05, 0) is 47.5 Å². The average Bonchev–Trinajstić information content (AvgIpc) is 3.32. The first-order valence-electron chi connectivity index (χ1n) is 10.0. The molecule has 0 spiro atoms. The monoisotopic (exact) mass is 407 g/mol. The van der Waals surface area contributed by atoms with Crippen molar-refractivity contribution in [3.8, 4) is 11.1 Å². The van der Waals surface area contributed by atoms with E-state index < -0.39 is 12.2 Å². The number of carbonyl (C=O) groups excluding carboxylic acids is 1. The lowest BCUT2D eigenvalue weighted by molar-refractivity contribution is 0.0178. The highest BCUT2D eigenvalue weighted by molar-refractivity contribution is 6.02. The number of aryl methyl sites for hydroxylation is 1. The molecule has 5 nitrogen and oxygen atoms in total. The third kappa shape index (κ3) is 3.27. The molecular formula is C24H22FNO4. The maximum absolute atomic E-state index is 14.4. The zero-order valence-electron chi connectivity index (χ0n) is 16.5. The van der Waals surface area contributed by atoms with Gasteiger partial charge in [0.05, 0.1) is 19.3 Å². The predicted molar refractivity (Wildman–Crippen MR) is 111 cm³/mol. The molecule has 0 bridgehead atoms. The van der Waals surface area contributed by atoms with Gasteiger partial charge in [-0.1, -0.05) is 35.9 Å². The van der Waals surface area contributed by atoms with Crippen molar-refractivity contribution in [3.63, 3.8) is 0 Å². The summed E-state index contributed by atoms with van der Waals surface area (Å²) < 4.78 is 25.6. The minimum Gasteiger partial charge on any atom is -0.388 e. The van der Waals surface area contributed by atoms with E-state index in [1.807, 2.05) is 37.3 Å². The van der Waals surface area contributed by atoms with E-state index in [9.17, 15) is 14.3 Å². The maximum Gasteiger partial charge on any atom is 0.251 e. The molecule has 4 atom stereocenters. The molecule has 6 heteroatoms. The van der Waals surface area contributed by atoms with Crippen molar-refractivity contribution < 1.29 is 23.8 Å². The van der Waals surface area contributed by atoms with Crippen molar-refractivity contribution in [2.24, 2.45) is 0 Å². The summed E-state index contributed by atoms with van der Waals surface area (Å²) in [6, 6.07) is 15.8. The van der Waals surface area contributed by atoms with Crippen molar-refractivity contribution in [2.45, 2.75) is 31.3 Å². The Bertz CT molecular complexity index is 1130. The van der Waals surface area contributed by atoms with E-state index in [0.717, 1.165) is 21.9 Å². The van der Waals surface area contributed by atoms with Crippen LogP contribution in [-0.2, 0) is 9.47 Å². The van der Waals surface area contributed by atoms with Crippen LogP contribution in [-0.4, -0.2) is 48.6 Å². The Labute approximate surface area is 173 Å². The number of fused-ring (bicyclic) bond motifs is 2. The molecule has 0 aromatic heterocycles. The standard InChI is InChI=1S/C24H22FNO4/c1-13-5-8-19(25)18(9-13)17-4-2-3-14-10-15(6-7-16(14)17)24(28)26-20-11-29-23-21(27)12-30-22(20)23/h2-10,20-23,27H,11-12H2,1H3,(H,26,28)/t20-,21-,22+,23+/m0/s1. The lowest BCUT2D eigenvalue weighted by Crippen LogP contribution is -2.44. The molecule has 154 valence electrons. The second kappa shape index (κ2) is 7.47. The van der Waals surface area contributed by atoms with E-state index in [1.165, 1.54) is 6.07 Å². The van der Waals surface area contributed by atoms with Crippen molar-refractivity contribution in [3.05, 3.63) is 71.5 Å². The van der Waals surface area contributed by atoms with Crippen molar-refractivity contribution in [2.75, 3.05) is 13.2 Å². The van der Waals surface area contributed by atoms with Gasteiger partial charge in [0.2, 0.25) is 0 Å². The number of benzene rings is 3. The van der Waals surface area contributed by atoms with E-state index in [4.69, 9.17) is 9.47 Å². The predicted octanol–water partition coefficient (Wildman–Crippen LogP) is 3.21. The minimum atomic E-state index is -0.655. The first kappa shape index (κ1) is 19.2. The summed E-state index contributed by atoms with van der Waals surface area (Å²) in [7, 11) is 0. The molecule has 3 aromatic carbocycles. The molecule has 0 aliphatic carbocycles. The Kier molecular flexibility index (Phi) is 4.77. The Morgan fingerprint density at radius 3 is 2.73 bits per heavy atom. The number of rotatable bonds is 3. The van der Waals surface area contributed by atoms with Gasteiger partial charge >= 0.3 is 0 Å². The van der Waals surface area contributed by atoms with Gasteiger partial charge in [0.25, 0.3) is 5.91 Å². The zero-order valence-corrected chi connectivity index (χ0v) is 16.5. The van der Waals surface area contributed by atoms with E-state index in [0.29, 0.717) is 17.7 Å². The van der Waals surface area contributed by atoms with E-state index >= 15 is 0 Å². The molecule has 3 aromatic rings. The summed E-state index contributed by atoms with van der Waals surface area (Å²) in [6.07, 6.45) is -1.38. The SMILES string of the molecule is Cc1ccc(F)c(-c2cccc3cc(C(=O)N[C@H]4CO[C@H]5[C@@H]4OC[C@@H]5O)ccc23)c1. The quantitative estimate of drug-likeness (QED) is 0.700. The van der Waals surface area contributed by atoms with Crippen LogP contribution in [0.25, 0.3) is 21.9 Å². The largest absolute Gasteiger partial charge is 0.388 e. The van der Waals surface area contributed by atoms with Crippen LogP contribution in [0.1, 0.15) is 15.9 Å². The number of halogens is 1. The van der Waals surface area contributed by atoms with Crippen LogP contribution in [0, 0.1) is 12.7 Å². The van der Waals surface area contributed by atoms with E-state index in [1.54, 1.807) is 18.2 Å². The summed E-state index contributed by atoms with van der Waals surface area (Å²) in [5.41, 5.74) is 2.83. The number of amides is 1. The molecular weight excluding hydrogens is 385 g/mol. The fourth-order valence-electron chi connectivity index (χ4n) is 4.36. The first-order chi connectivity index (χ1) is 14.5. The molecule has 2 N–H and O–H groups in total. The van der Waals surface area contributed by atoms with Crippen molar-refractivity contribution in [1.82, 2.24) is 5.32 Å². The summed E-state index contributed by atoms with van der Waals surface area (Å²) in [5, 5.41) is 14.5. The highest BCUT2D eigenvalue weighted by atomic mass is 19.1. The lowest BCUT2D eigenvalue weighted by atomic mass is 9.95. The highest BCUT2D eigenvalue weighted by Gasteiger charge is 2.47. The summed E-state index contributed by atoms with van der Waals surface area (Å²) in [6.45, 7) is 2.46. The fourth-order valence-corrected chi connectivity index (χ4v) is 4.36. The normalized spacial score (nSPS) is 25.4. The van der Waals surface area contributed by atoms with E-state index in [2.05, 4.69) is 5.32 Å². The Morgan fingerprint density at radius 1 is 1.03 bits per heavy atom. The highest BCUT2D eigenvalue weighted by Crippen LogP contribution is 2.32. The van der Waals surface area contributed by atoms with Crippen LogP contribution in [0.15, 0.2) is 54.6 Å². The summed E-state index contributed by atoms with van der Waals surface area (Å²) >= 11 is 0. The molecule has 0 saturated carbocycles. The van der Waals surface area contributed by atoms with Gasteiger partial charge in [0.1, 0.15) is 24.1 Å². The number of hydrogen-bond donors (Lipinski definition) is 2. The Balaban J connectivity index is 1.43. The van der Waals surface area contributed by atoms with Gasteiger partial charge in [-0.25, -0.2) is 4.39 Å². The first-order valence-corrected chi connectivity index (χ1v) is 10.0. The second-order valence-electron chi connectivity index (χ2n) is 7.97. The molecule has 5 rings (SSSR count). The van der Waals surface area contributed by atoms with Gasteiger partial charge < -0.3 is 19.9 Å². The number of ether oxygens (including phenoxy) is 2. The number of nitrogens with one attached hydrogen (secondary N) is 1. The fraction of sp³-hybridized carbons (Fsp3) is 0.292. The van der Waals surface area contributed by atoms with Gasteiger partial charge in [0, 0.05) is 11.1 Å². The molecule has 0 radical (unpaired) electrons. The van der Waals surface area contributed by atoms with Crippen LogP contribution in [0.5, 0.6) is 0 Å². The maximum atomic E-state index is 14.4. The second-order valence-corrected chi connectivity index (χ2v) is 7.97. The topological polar surface area (TPSA) is 67.8 Å². The Hall–Kier alpha value is -2.80. The Morgan fingerprint density at radius 2 is 1.87 bits per heavy atom. The number of aliphatic hydroxyl groups is 1. The molecule has 2 saturated heterocycles. The zero-order chi connectivity index (χ0) is 20.8. The van der Waals surface area contributed by atoms with Crippen LogP contribution in [0.3, 0.4) is 0 Å². The average molecular weight is 407 g/mol. The van der Waals surface area contributed by atoms with Gasteiger partial charge in [-0.3, -0.25) is 4.79 Å². The molecule has 2 aliphatic heterocycles. The molecule has 0 unspecified atom stereocenters. The van der Waals surface area contributed by atoms with Crippen LogP contribution in [0.2, 0.25) is 0 Å². The molecule has 2 heterocycles. The number of aliphatic hydroxyl groups excluding tert-OH is 1. The smallest absolute Gasteiger partial charge is 0.251 e. The van der Waals surface area contributed by atoms with Crippen molar-refractivity contribution in [1.29, 1.82) is 0 Å². The summed E-state index contributed by atoms with van der Waals surface area (Å²) in [5.74, 6) is -0.507. The van der Waals surface area contributed by atoms with Crippen LogP contribution in [0.4, 0.5) is 4.39 Å².